The summed E-state index contributed by atoms with van der Waals surface area (Å²) in [6.07, 6.45) is -0.577. The Labute approximate surface area is 128 Å². The van der Waals surface area contributed by atoms with E-state index >= 15 is 0 Å². The zero-order valence-corrected chi connectivity index (χ0v) is 12.9. The van der Waals surface area contributed by atoms with Crippen LogP contribution in [-0.2, 0) is 16.0 Å². The molecule has 0 aromatic heterocycles. The van der Waals surface area contributed by atoms with Crippen molar-refractivity contribution >= 4 is 29.4 Å². The molecule has 6 nitrogen and oxygen atoms in total. The van der Waals surface area contributed by atoms with Crippen LogP contribution in [0.25, 0.3) is 0 Å². The van der Waals surface area contributed by atoms with Crippen LogP contribution in [0.15, 0.2) is 18.2 Å². The van der Waals surface area contributed by atoms with Gasteiger partial charge in [-0.05, 0) is 38.5 Å². The van der Waals surface area contributed by atoms with Gasteiger partial charge in [0.05, 0.1) is 0 Å². The second-order valence-electron chi connectivity index (χ2n) is 5.58. The number of ether oxygens (including phenoxy) is 1. The number of nitrogens with one attached hydrogen (secondary N) is 1. The number of aliphatic carboxylic acids is 1. The summed E-state index contributed by atoms with van der Waals surface area (Å²) in [5, 5.41) is 11.8. The summed E-state index contributed by atoms with van der Waals surface area (Å²) in [5.74, 6) is -1.12. The SMILES string of the molecule is CC(C)(C)OC(=O)Nc1cc(Cl)ccc1CC(N)C(=O)O. The minimum absolute atomic E-state index is 0.0671. The maximum atomic E-state index is 11.8. The second-order valence-corrected chi connectivity index (χ2v) is 6.01. The molecule has 1 amide bonds. The van der Waals surface area contributed by atoms with Crippen LogP contribution in [0.4, 0.5) is 10.5 Å². The molecule has 0 radical (unpaired) electrons. The fourth-order valence-corrected chi connectivity index (χ4v) is 1.75. The molecule has 0 aliphatic heterocycles. The highest BCUT2D eigenvalue weighted by Gasteiger charge is 2.19. The summed E-state index contributed by atoms with van der Waals surface area (Å²) in [6.45, 7) is 5.23. The summed E-state index contributed by atoms with van der Waals surface area (Å²) < 4.78 is 5.15. The fourth-order valence-electron chi connectivity index (χ4n) is 1.58. The number of carboxylic acids is 1. The van der Waals surface area contributed by atoms with Crippen LogP contribution in [0.2, 0.25) is 5.02 Å². The predicted molar refractivity (Wildman–Crippen MR) is 80.6 cm³/mol. The van der Waals surface area contributed by atoms with Crippen molar-refractivity contribution < 1.29 is 19.4 Å². The van der Waals surface area contributed by atoms with Gasteiger partial charge in [0.2, 0.25) is 0 Å². The number of carboxylic acid groups (broad SMARTS) is 1. The van der Waals surface area contributed by atoms with Gasteiger partial charge in [-0.2, -0.15) is 0 Å². The molecular formula is C14H19ClN2O4. The van der Waals surface area contributed by atoms with E-state index in [1.807, 2.05) is 0 Å². The number of benzene rings is 1. The number of amides is 1. The molecule has 116 valence electrons. The molecule has 4 N–H and O–H groups in total. The zero-order chi connectivity index (χ0) is 16.2. The molecule has 0 heterocycles. The van der Waals surface area contributed by atoms with E-state index in [0.717, 1.165) is 0 Å². The van der Waals surface area contributed by atoms with Crippen molar-refractivity contribution in [3.63, 3.8) is 0 Å². The maximum Gasteiger partial charge on any atom is 0.412 e. The lowest BCUT2D eigenvalue weighted by Crippen LogP contribution is -2.33. The van der Waals surface area contributed by atoms with E-state index in [1.54, 1.807) is 32.9 Å². The standard InChI is InChI=1S/C14H19ClN2O4/c1-14(2,3)21-13(20)17-11-7-9(15)5-4-8(11)6-10(16)12(18)19/h4-5,7,10H,6,16H2,1-3H3,(H,17,20)(H,18,19). The Morgan fingerprint density at radius 3 is 2.57 bits per heavy atom. The number of carbonyl (C=O) groups is 2. The Morgan fingerprint density at radius 2 is 2.05 bits per heavy atom. The van der Waals surface area contributed by atoms with Gasteiger partial charge in [-0.3, -0.25) is 10.1 Å². The van der Waals surface area contributed by atoms with Gasteiger partial charge in [0, 0.05) is 17.1 Å². The summed E-state index contributed by atoms with van der Waals surface area (Å²) >= 11 is 5.89. The highest BCUT2D eigenvalue weighted by Crippen LogP contribution is 2.23. The van der Waals surface area contributed by atoms with Gasteiger partial charge in [0.15, 0.2) is 0 Å². The molecule has 1 rings (SSSR count). The lowest BCUT2D eigenvalue weighted by molar-refractivity contribution is -0.138. The molecule has 21 heavy (non-hydrogen) atoms. The van der Waals surface area contributed by atoms with Crippen molar-refractivity contribution in [1.82, 2.24) is 0 Å². The quantitative estimate of drug-likeness (QED) is 0.793. The number of hydrogen-bond donors (Lipinski definition) is 3. The molecule has 1 atom stereocenters. The topological polar surface area (TPSA) is 102 Å². The van der Waals surface area contributed by atoms with Crippen LogP contribution >= 0.6 is 11.6 Å². The Morgan fingerprint density at radius 1 is 1.43 bits per heavy atom. The first-order valence-corrected chi connectivity index (χ1v) is 6.73. The fraction of sp³-hybridized carbons (Fsp3) is 0.429. The summed E-state index contributed by atoms with van der Waals surface area (Å²) in [6, 6.07) is 3.68. The van der Waals surface area contributed by atoms with E-state index < -0.39 is 23.7 Å². The number of carbonyl (C=O) groups excluding carboxylic acids is 1. The molecular weight excluding hydrogens is 296 g/mol. The minimum Gasteiger partial charge on any atom is -0.480 e. The predicted octanol–water partition coefficient (Wildman–Crippen LogP) is 2.64. The van der Waals surface area contributed by atoms with Crippen LogP contribution in [0.3, 0.4) is 0 Å². The van der Waals surface area contributed by atoms with E-state index in [2.05, 4.69) is 5.32 Å². The summed E-state index contributed by atoms with van der Waals surface area (Å²) in [4.78, 5) is 22.6. The molecule has 0 aliphatic rings. The third kappa shape index (κ3) is 6.01. The van der Waals surface area contributed by atoms with E-state index in [0.29, 0.717) is 16.3 Å². The average Bonchev–Trinajstić information content (AvgIpc) is 2.29. The largest absolute Gasteiger partial charge is 0.480 e. The van der Waals surface area contributed by atoms with Gasteiger partial charge in [0.25, 0.3) is 0 Å². The van der Waals surface area contributed by atoms with E-state index in [1.165, 1.54) is 6.07 Å². The van der Waals surface area contributed by atoms with Crippen molar-refractivity contribution in [3.8, 4) is 0 Å². The minimum atomic E-state index is -1.12. The van der Waals surface area contributed by atoms with Gasteiger partial charge in [-0.25, -0.2) is 4.79 Å². The average molecular weight is 315 g/mol. The molecule has 0 spiro atoms. The van der Waals surface area contributed by atoms with E-state index in [4.69, 9.17) is 27.2 Å². The molecule has 1 aromatic rings. The van der Waals surface area contributed by atoms with Crippen molar-refractivity contribution in [3.05, 3.63) is 28.8 Å². The molecule has 1 aromatic carbocycles. The van der Waals surface area contributed by atoms with Gasteiger partial charge >= 0.3 is 12.1 Å². The van der Waals surface area contributed by atoms with Crippen molar-refractivity contribution in [2.24, 2.45) is 5.73 Å². The van der Waals surface area contributed by atoms with Gasteiger partial charge < -0.3 is 15.6 Å². The summed E-state index contributed by atoms with van der Waals surface area (Å²) in [7, 11) is 0. The third-order valence-corrected chi connectivity index (χ3v) is 2.70. The summed E-state index contributed by atoms with van der Waals surface area (Å²) in [5.41, 5.74) is 5.83. The first-order chi connectivity index (χ1) is 9.58. The molecule has 0 bridgehead atoms. The van der Waals surface area contributed by atoms with E-state index in [-0.39, 0.29) is 6.42 Å². The van der Waals surface area contributed by atoms with Crippen LogP contribution in [0.1, 0.15) is 26.3 Å². The highest BCUT2D eigenvalue weighted by atomic mass is 35.5. The van der Waals surface area contributed by atoms with Gasteiger partial charge in [-0.15, -0.1) is 0 Å². The molecule has 0 aliphatic carbocycles. The van der Waals surface area contributed by atoms with Crippen molar-refractivity contribution in [2.75, 3.05) is 5.32 Å². The zero-order valence-electron chi connectivity index (χ0n) is 12.1. The number of hydrogen-bond acceptors (Lipinski definition) is 4. The number of nitrogens with two attached hydrogens (primary N) is 1. The van der Waals surface area contributed by atoms with E-state index in [9.17, 15) is 9.59 Å². The Bertz CT molecular complexity index is 540. The maximum absolute atomic E-state index is 11.8. The molecule has 0 saturated heterocycles. The molecule has 0 saturated carbocycles. The van der Waals surface area contributed by atoms with Crippen LogP contribution in [0.5, 0.6) is 0 Å². The number of rotatable bonds is 4. The van der Waals surface area contributed by atoms with Crippen molar-refractivity contribution in [2.45, 2.75) is 38.8 Å². The van der Waals surface area contributed by atoms with Crippen molar-refractivity contribution in [1.29, 1.82) is 0 Å². The number of halogens is 1. The monoisotopic (exact) mass is 314 g/mol. The Hall–Kier alpha value is -1.79. The molecule has 1 unspecified atom stereocenters. The number of anilines is 1. The van der Waals surface area contributed by atoms with Gasteiger partial charge in [-0.1, -0.05) is 17.7 Å². The Balaban J connectivity index is 2.92. The first-order valence-electron chi connectivity index (χ1n) is 6.35. The van der Waals surface area contributed by atoms with Crippen LogP contribution < -0.4 is 11.1 Å². The smallest absolute Gasteiger partial charge is 0.412 e. The lowest BCUT2D eigenvalue weighted by Gasteiger charge is -2.21. The highest BCUT2D eigenvalue weighted by molar-refractivity contribution is 6.31. The second kappa shape index (κ2) is 6.78. The van der Waals surface area contributed by atoms with Crippen LogP contribution in [-0.4, -0.2) is 28.8 Å². The lowest BCUT2D eigenvalue weighted by atomic mass is 10.0. The molecule has 7 heteroatoms. The Kier molecular flexibility index (Phi) is 5.57. The third-order valence-electron chi connectivity index (χ3n) is 2.46. The molecule has 0 fully saturated rings. The normalized spacial score (nSPS) is 12.6. The van der Waals surface area contributed by atoms with Gasteiger partial charge in [0.1, 0.15) is 11.6 Å². The first kappa shape index (κ1) is 17.3. The van der Waals surface area contributed by atoms with Crippen LogP contribution in [0, 0.1) is 0 Å².